The molecule has 0 amide bonds. The van der Waals surface area contributed by atoms with Crippen molar-refractivity contribution in [1.82, 2.24) is 0 Å². The van der Waals surface area contributed by atoms with E-state index in [4.69, 9.17) is 16.0 Å². The number of nitrogens with zero attached hydrogens (tertiary/aromatic N) is 1. The van der Waals surface area contributed by atoms with Crippen LogP contribution in [0.5, 0.6) is 11.5 Å². The van der Waals surface area contributed by atoms with Crippen molar-refractivity contribution < 1.29 is 14.4 Å². The van der Waals surface area contributed by atoms with Crippen molar-refractivity contribution in [3.63, 3.8) is 0 Å². The Bertz CT molecular complexity index is 653. The Labute approximate surface area is 137 Å². The van der Waals surface area contributed by atoms with E-state index >= 15 is 0 Å². The Morgan fingerprint density at radius 2 is 1.86 bits per heavy atom. The molecule has 0 aliphatic carbocycles. The van der Waals surface area contributed by atoms with Gasteiger partial charge in [-0.05, 0) is 65.3 Å². The first-order chi connectivity index (χ1) is 10.1. The van der Waals surface area contributed by atoms with E-state index in [0.29, 0.717) is 23.8 Å². The first kappa shape index (κ1) is 15.8. The quantitative estimate of drug-likeness (QED) is 0.469. The van der Waals surface area contributed by atoms with Crippen LogP contribution >= 0.6 is 22.6 Å². The van der Waals surface area contributed by atoms with Gasteiger partial charge in [-0.25, -0.2) is 4.85 Å². The molecule has 2 aromatic carbocycles. The highest BCUT2D eigenvalue weighted by Crippen LogP contribution is 2.27. The maximum absolute atomic E-state index is 9.18. The molecule has 106 valence electrons. The summed E-state index contributed by atoms with van der Waals surface area (Å²) < 4.78 is 12.0. The van der Waals surface area contributed by atoms with E-state index in [1.807, 2.05) is 18.2 Å². The molecule has 2 aromatic rings. The molecule has 0 spiro atoms. The largest absolute Gasteiger partial charge is 0.457 e. The molecule has 0 heterocycles. The lowest BCUT2D eigenvalue weighted by Crippen LogP contribution is -2.12. The van der Waals surface area contributed by atoms with Crippen molar-refractivity contribution in [2.24, 2.45) is 0 Å². The summed E-state index contributed by atoms with van der Waals surface area (Å²) in [5.74, 6) is 1.36. The average molecular weight is 393 g/mol. The van der Waals surface area contributed by atoms with Gasteiger partial charge in [0, 0.05) is 3.57 Å². The summed E-state index contributed by atoms with van der Waals surface area (Å²) in [6, 6.07) is 12.6. The first-order valence-electron chi connectivity index (χ1n) is 6.32. The predicted octanol–water partition coefficient (Wildman–Crippen LogP) is 4.26. The van der Waals surface area contributed by atoms with Gasteiger partial charge in [0.2, 0.25) is 0 Å². The molecule has 2 rings (SSSR count). The fourth-order valence-corrected chi connectivity index (χ4v) is 2.15. The van der Waals surface area contributed by atoms with Crippen molar-refractivity contribution in [3.05, 3.63) is 63.0 Å². The third-order valence-electron chi connectivity index (χ3n) is 2.70. The molecule has 0 radical (unpaired) electrons. The third-order valence-corrected chi connectivity index (χ3v) is 3.75. The van der Waals surface area contributed by atoms with Gasteiger partial charge in [0.1, 0.15) is 11.5 Å². The van der Waals surface area contributed by atoms with Crippen LogP contribution in [0.2, 0.25) is 6.82 Å². The monoisotopic (exact) mass is 393 g/mol. The second-order valence-electron chi connectivity index (χ2n) is 4.37. The van der Waals surface area contributed by atoms with E-state index in [9.17, 15) is 5.02 Å². The molecular formula is C15H13BINO3. The van der Waals surface area contributed by atoms with Crippen molar-refractivity contribution in [1.29, 1.82) is 0 Å². The summed E-state index contributed by atoms with van der Waals surface area (Å²) in [5.41, 5.74) is 1.53. The highest BCUT2D eigenvalue weighted by molar-refractivity contribution is 14.1. The number of rotatable bonds is 5. The highest BCUT2D eigenvalue weighted by Gasteiger charge is 2.08. The molecule has 0 aromatic heterocycles. The molecule has 0 aliphatic rings. The van der Waals surface area contributed by atoms with Crippen LogP contribution in [0.3, 0.4) is 0 Å². The summed E-state index contributed by atoms with van der Waals surface area (Å²) >= 11 is 2.21. The van der Waals surface area contributed by atoms with Crippen LogP contribution in [-0.2, 0) is 11.3 Å². The molecule has 0 bridgehead atoms. The summed E-state index contributed by atoms with van der Waals surface area (Å²) in [6.45, 7) is 8.82. The van der Waals surface area contributed by atoms with Crippen LogP contribution in [0.25, 0.3) is 4.85 Å². The number of benzene rings is 2. The SMILES string of the molecule is [C-]#[N+]c1ccc(Oc2ccc(I)c(COB(C)O)c2)cc1. The van der Waals surface area contributed by atoms with Gasteiger partial charge in [-0.1, -0.05) is 12.1 Å². The predicted molar refractivity (Wildman–Crippen MR) is 90.6 cm³/mol. The zero-order valence-corrected chi connectivity index (χ0v) is 13.6. The third kappa shape index (κ3) is 4.74. The number of hydrogen-bond acceptors (Lipinski definition) is 3. The molecule has 0 saturated carbocycles. The molecule has 0 saturated heterocycles. The smallest absolute Gasteiger partial charge is 0.451 e. The van der Waals surface area contributed by atoms with Crippen LogP contribution in [0, 0.1) is 10.1 Å². The van der Waals surface area contributed by atoms with E-state index in [0.717, 1.165) is 9.13 Å². The average Bonchev–Trinajstić information content (AvgIpc) is 2.48. The van der Waals surface area contributed by atoms with Crippen LogP contribution in [0.1, 0.15) is 5.56 Å². The minimum atomic E-state index is -0.799. The minimum Gasteiger partial charge on any atom is -0.457 e. The summed E-state index contributed by atoms with van der Waals surface area (Å²) in [7, 11) is -0.799. The normalized spacial score (nSPS) is 10.0. The van der Waals surface area contributed by atoms with Gasteiger partial charge in [-0.2, -0.15) is 0 Å². The second kappa shape index (κ2) is 7.45. The Kier molecular flexibility index (Phi) is 5.62. The molecule has 4 nitrogen and oxygen atoms in total. The molecule has 0 unspecified atom stereocenters. The zero-order chi connectivity index (χ0) is 15.2. The van der Waals surface area contributed by atoms with E-state index in [1.54, 1.807) is 31.1 Å². The van der Waals surface area contributed by atoms with E-state index in [1.165, 1.54) is 0 Å². The molecule has 0 atom stereocenters. The lowest BCUT2D eigenvalue weighted by molar-refractivity contribution is 0.253. The maximum atomic E-state index is 9.18. The Morgan fingerprint density at radius 3 is 2.48 bits per heavy atom. The Hall–Kier alpha value is -1.56. The Morgan fingerprint density at radius 1 is 1.19 bits per heavy atom. The van der Waals surface area contributed by atoms with Gasteiger partial charge in [-0.3, -0.25) is 0 Å². The standard InChI is InChI=1S/C15H13BINO3/c1-16(19)20-10-11-9-14(7-8-15(11)17)21-13-5-3-12(18-2)4-6-13/h3-9,19H,10H2,1H3. The highest BCUT2D eigenvalue weighted by atomic mass is 127. The summed E-state index contributed by atoms with van der Waals surface area (Å²) in [4.78, 5) is 3.34. The van der Waals surface area contributed by atoms with Crippen molar-refractivity contribution in [3.8, 4) is 11.5 Å². The lowest BCUT2D eigenvalue weighted by Gasteiger charge is -2.10. The van der Waals surface area contributed by atoms with Crippen molar-refractivity contribution in [2.75, 3.05) is 0 Å². The number of hydrogen-bond donors (Lipinski definition) is 1. The topological polar surface area (TPSA) is 43.0 Å². The zero-order valence-electron chi connectivity index (χ0n) is 11.4. The maximum Gasteiger partial charge on any atom is 0.451 e. The van der Waals surface area contributed by atoms with Gasteiger partial charge in [0.05, 0.1) is 13.2 Å². The molecule has 1 N–H and O–H groups in total. The van der Waals surface area contributed by atoms with Crippen LogP contribution in [0.4, 0.5) is 5.69 Å². The van der Waals surface area contributed by atoms with Crippen LogP contribution in [0.15, 0.2) is 42.5 Å². The molecular weight excluding hydrogens is 380 g/mol. The first-order valence-corrected chi connectivity index (χ1v) is 7.40. The van der Waals surface area contributed by atoms with E-state index in [-0.39, 0.29) is 0 Å². The van der Waals surface area contributed by atoms with Gasteiger partial charge >= 0.3 is 7.12 Å². The minimum absolute atomic E-state index is 0.323. The lowest BCUT2D eigenvalue weighted by atomic mass is 9.97. The molecule has 0 fully saturated rings. The number of halogens is 1. The summed E-state index contributed by atoms with van der Waals surface area (Å²) in [6.07, 6.45) is 0. The van der Waals surface area contributed by atoms with Crippen LogP contribution < -0.4 is 4.74 Å². The number of ether oxygens (including phenoxy) is 1. The summed E-state index contributed by atoms with van der Waals surface area (Å²) in [5, 5.41) is 9.18. The van der Waals surface area contributed by atoms with Gasteiger partial charge in [-0.15, -0.1) is 0 Å². The van der Waals surface area contributed by atoms with E-state index < -0.39 is 7.12 Å². The van der Waals surface area contributed by atoms with Gasteiger partial charge in [0.15, 0.2) is 5.69 Å². The molecule has 21 heavy (non-hydrogen) atoms. The van der Waals surface area contributed by atoms with E-state index in [2.05, 4.69) is 27.4 Å². The van der Waals surface area contributed by atoms with Crippen molar-refractivity contribution >= 4 is 35.4 Å². The van der Waals surface area contributed by atoms with Gasteiger partial charge < -0.3 is 14.4 Å². The molecule has 0 aliphatic heterocycles. The fraction of sp³-hybridized carbons (Fsp3) is 0.133. The fourth-order valence-electron chi connectivity index (χ4n) is 1.66. The second-order valence-corrected chi connectivity index (χ2v) is 5.53. The Balaban J connectivity index is 2.12. The van der Waals surface area contributed by atoms with Crippen molar-refractivity contribution in [2.45, 2.75) is 13.4 Å². The van der Waals surface area contributed by atoms with Gasteiger partial charge in [0.25, 0.3) is 0 Å². The molecule has 6 heteroatoms. The van der Waals surface area contributed by atoms with Crippen LogP contribution in [-0.4, -0.2) is 12.1 Å².